The summed E-state index contributed by atoms with van der Waals surface area (Å²) in [6.45, 7) is 2.05. The van der Waals surface area contributed by atoms with Gasteiger partial charge < -0.3 is 9.64 Å². The van der Waals surface area contributed by atoms with Gasteiger partial charge in [0.2, 0.25) is 11.9 Å². The van der Waals surface area contributed by atoms with Gasteiger partial charge in [0.1, 0.15) is 6.54 Å². The smallest absolute Gasteiger partial charge is 0.325 e. The van der Waals surface area contributed by atoms with E-state index < -0.39 is 0 Å². The molecule has 1 aromatic carbocycles. The van der Waals surface area contributed by atoms with E-state index in [4.69, 9.17) is 4.74 Å². The molecule has 3 aromatic rings. The summed E-state index contributed by atoms with van der Waals surface area (Å²) in [5, 5.41) is 7.03. The van der Waals surface area contributed by atoms with E-state index in [-0.39, 0.29) is 30.8 Å². The average Bonchev–Trinajstić information content (AvgIpc) is 3.02. The Kier molecular flexibility index (Phi) is 5.35. The molecule has 0 radical (unpaired) electrons. The van der Waals surface area contributed by atoms with Crippen LogP contribution in [0.3, 0.4) is 0 Å². The third-order valence-electron chi connectivity index (χ3n) is 4.12. The van der Waals surface area contributed by atoms with Crippen LogP contribution in [-0.4, -0.2) is 47.2 Å². The molecule has 8 heteroatoms. The summed E-state index contributed by atoms with van der Waals surface area (Å²) in [5.74, 6) is -0.274. The number of aromatic nitrogens is 3. The highest BCUT2D eigenvalue weighted by Gasteiger charge is 2.14. The van der Waals surface area contributed by atoms with E-state index in [2.05, 4.69) is 15.4 Å². The fourth-order valence-electron chi connectivity index (χ4n) is 2.76. The fourth-order valence-corrected chi connectivity index (χ4v) is 2.76. The van der Waals surface area contributed by atoms with E-state index in [1.54, 1.807) is 22.7 Å². The number of aryl methyl sites for hydroxylation is 1. The zero-order valence-corrected chi connectivity index (χ0v) is 15.5. The van der Waals surface area contributed by atoms with Crippen molar-refractivity contribution >= 4 is 29.2 Å². The summed E-state index contributed by atoms with van der Waals surface area (Å²) in [6.07, 6.45) is 2.02. The van der Waals surface area contributed by atoms with Gasteiger partial charge in [-0.05, 0) is 24.1 Å². The number of ether oxygens (including phenoxy) is 1. The Balaban J connectivity index is 1.77. The van der Waals surface area contributed by atoms with Crippen molar-refractivity contribution in [1.82, 2.24) is 14.6 Å². The molecule has 0 aliphatic rings. The molecule has 27 heavy (non-hydrogen) atoms. The molecule has 0 saturated heterocycles. The molecule has 0 aliphatic carbocycles. The van der Waals surface area contributed by atoms with Gasteiger partial charge in [-0.25, -0.2) is 4.52 Å². The molecule has 2 aromatic heterocycles. The number of rotatable bonds is 6. The minimum atomic E-state index is -0.329. The molecular formula is C19H21N5O3. The van der Waals surface area contributed by atoms with Gasteiger partial charge in [0, 0.05) is 7.05 Å². The highest BCUT2D eigenvalue weighted by Crippen LogP contribution is 2.20. The first-order valence-electron chi connectivity index (χ1n) is 8.45. The van der Waals surface area contributed by atoms with Crippen molar-refractivity contribution in [3.63, 3.8) is 0 Å². The van der Waals surface area contributed by atoms with Gasteiger partial charge in [0.05, 0.1) is 25.4 Å². The van der Waals surface area contributed by atoms with Crippen LogP contribution in [0.4, 0.5) is 11.6 Å². The van der Waals surface area contributed by atoms with Gasteiger partial charge in [-0.1, -0.05) is 30.3 Å². The van der Waals surface area contributed by atoms with Crippen LogP contribution in [0.5, 0.6) is 0 Å². The summed E-state index contributed by atoms with van der Waals surface area (Å²) >= 11 is 0. The second-order valence-corrected chi connectivity index (χ2v) is 6.22. The Morgan fingerprint density at radius 3 is 2.70 bits per heavy atom. The second kappa shape index (κ2) is 7.86. The van der Waals surface area contributed by atoms with Crippen LogP contribution in [0.15, 0.2) is 42.6 Å². The number of hydrogen-bond donors (Lipinski definition) is 1. The molecule has 140 valence electrons. The van der Waals surface area contributed by atoms with Crippen LogP contribution in [0.1, 0.15) is 11.1 Å². The number of esters is 1. The molecule has 0 bridgehead atoms. The van der Waals surface area contributed by atoms with Gasteiger partial charge in [-0.2, -0.15) is 4.98 Å². The third-order valence-corrected chi connectivity index (χ3v) is 4.12. The Labute approximate surface area is 156 Å². The largest absolute Gasteiger partial charge is 0.468 e. The first kappa shape index (κ1) is 18.4. The molecule has 0 aliphatic heterocycles. The maximum absolute atomic E-state index is 12.2. The predicted octanol–water partition coefficient (Wildman–Crippen LogP) is 1.83. The molecule has 1 N–H and O–H groups in total. The van der Waals surface area contributed by atoms with Crippen LogP contribution in [0, 0.1) is 6.92 Å². The maximum atomic E-state index is 12.2. The summed E-state index contributed by atoms with van der Waals surface area (Å²) in [7, 11) is 3.15. The number of nitrogens with one attached hydrogen (secondary N) is 1. The average molecular weight is 367 g/mol. The number of carbonyl (C=O) groups is 2. The lowest BCUT2D eigenvalue weighted by Crippen LogP contribution is -2.27. The maximum Gasteiger partial charge on any atom is 0.325 e. The SMILES string of the molecule is COC(=O)CN(C)c1cn2nc(NC(=O)Cc3ccccc3)nc2cc1C. The van der Waals surface area contributed by atoms with E-state index in [0.717, 1.165) is 16.8 Å². The van der Waals surface area contributed by atoms with Crippen LogP contribution < -0.4 is 10.2 Å². The Morgan fingerprint density at radius 1 is 1.26 bits per heavy atom. The Hall–Kier alpha value is -3.42. The van der Waals surface area contributed by atoms with Crippen molar-refractivity contribution in [2.45, 2.75) is 13.3 Å². The highest BCUT2D eigenvalue weighted by atomic mass is 16.5. The normalized spacial score (nSPS) is 10.6. The number of amides is 1. The van der Waals surface area contributed by atoms with Crippen LogP contribution in [0.25, 0.3) is 5.65 Å². The minimum absolute atomic E-state index is 0.123. The van der Waals surface area contributed by atoms with Crippen LogP contribution in [-0.2, 0) is 20.7 Å². The second-order valence-electron chi connectivity index (χ2n) is 6.22. The van der Waals surface area contributed by atoms with Crippen LogP contribution >= 0.6 is 0 Å². The number of fused-ring (bicyclic) bond motifs is 1. The van der Waals surface area contributed by atoms with E-state index in [9.17, 15) is 9.59 Å². The number of pyridine rings is 1. The molecular weight excluding hydrogens is 346 g/mol. The van der Waals surface area contributed by atoms with Crippen molar-refractivity contribution < 1.29 is 14.3 Å². The van der Waals surface area contributed by atoms with E-state index in [1.165, 1.54) is 7.11 Å². The van der Waals surface area contributed by atoms with E-state index in [0.29, 0.717) is 5.65 Å². The molecule has 0 atom stereocenters. The van der Waals surface area contributed by atoms with Crippen molar-refractivity contribution in [1.29, 1.82) is 0 Å². The van der Waals surface area contributed by atoms with Crippen molar-refractivity contribution in [2.24, 2.45) is 0 Å². The first-order valence-corrected chi connectivity index (χ1v) is 8.45. The summed E-state index contributed by atoms with van der Waals surface area (Å²) in [4.78, 5) is 29.8. The number of nitrogens with zero attached hydrogens (tertiary/aromatic N) is 4. The molecule has 8 nitrogen and oxygen atoms in total. The molecule has 1 amide bonds. The summed E-state index contributed by atoms with van der Waals surface area (Å²) in [6, 6.07) is 11.3. The zero-order chi connectivity index (χ0) is 19.4. The molecule has 0 unspecified atom stereocenters. The topological polar surface area (TPSA) is 88.8 Å². The third kappa shape index (κ3) is 4.41. The van der Waals surface area contributed by atoms with Crippen molar-refractivity contribution in [3.8, 4) is 0 Å². The lowest BCUT2D eigenvalue weighted by molar-refractivity contribution is -0.138. The lowest BCUT2D eigenvalue weighted by atomic mass is 10.1. The summed E-state index contributed by atoms with van der Waals surface area (Å²) in [5.41, 5.74) is 3.28. The summed E-state index contributed by atoms with van der Waals surface area (Å²) < 4.78 is 6.28. The number of carbonyl (C=O) groups excluding carboxylic acids is 2. The van der Waals surface area contributed by atoms with E-state index in [1.807, 2.05) is 43.3 Å². The predicted molar refractivity (Wildman–Crippen MR) is 102 cm³/mol. The van der Waals surface area contributed by atoms with Gasteiger partial charge in [0.15, 0.2) is 5.65 Å². The van der Waals surface area contributed by atoms with Crippen molar-refractivity contribution in [2.75, 3.05) is 30.9 Å². The number of likely N-dealkylation sites (N-methyl/N-ethyl adjacent to an activating group) is 1. The van der Waals surface area contributed by atoms with Gasteiger partial charge in [0.25, 0.3) is 0 Å². The van der Waals surface area contributed by atoms with Gasteiger partial charge >= 0.3 is 5.97 Å². The standard InChI is InChI=1S/C19H21N5O3/c1-13-9-16-20-19(21-17(25)10-14-7-5-4-6-8-14)22-24(16)11-15(13)23(2)12-18(26)27-3/h4-9,11H,10,12H2,1-3H3,(H,21,22,25). The zero-order valence-electron chi connectivity index (χ0n) is 15.5. The fraction of sp³-hybridized carbons (Fsp3) is 0.263. The van der Waals surface area contributed by atoms with Gasteiger partial charge in [-0.15, -0.1) is 5.10 Å². The lowest BCUT2D eigenvalue weighted by Gasteiger charge is -2.19. The molecule has 0 spiro atoms. The Bertz CT molecular complexity index is 968. The number of methoxy groups -OCH3 is 1. The minimum Gasteiger partial charge on any atom is -0.468 e. The number of anilines is 2. The molecule has 2 heterocycles. The van der Waals surface area contributed by atoms with Crippen molar-refractivity contribution in [3.05, 3.63) is 53.7 Å². The monoisotopic (exact) mass is 367 g/mol. The van der Waals surface area contributed by atoms with Crippen LogP contribution in [0.2, 0.25) is 0 Å². The first-order chi connectivity index (χ1) is 13.0. The van der Waals surface area contributed by atoms with E-state index >= 15 is 0 Å². The number of hydrogen-bond acceptors (Lipinski definition) is 6. The number of benzene rings is 1. The quantitative estimate of drug-likeness (QED) is 0.669. The molecule has 0 fully saturated rings. The molecule has 3 rings (SSSR count). The highest BCUT2D eigenvalue weighted by molar-refractivity contribution is 5.90. The Morgan fingerprint density at radius 2 is 2.00 bits per heavy atom. The van der Waals surface area contributed by atoms with Gasteiger partial charge in [-0.3, -0.25) is 14.9 Å². The molecule has 0 saturated carbocycles.